The molecule has 0 unspecified atom stereocenters. The van der Waals surface area contributed by atoms with E-state index in [0.29, 0.717) is 18.1 Å². The number of anilines is 1. The van der Waals surface area contributed by atoms with Crippen molar-refractivity contribution in [1.82, 2.24) is 19.9 Å². The summed E-state index contributed by atoms with van der Waals surface area (Å²) in [6.45, 7) is 4.14. The Bertz CT molecular complexity index is 1220. The van der Waals surface area contributed by atoms with Crippen molar-refractivity contribution in [3.63, 3.8) is 0 Å². The Hall–Kier alpha value is -2.90. The van der Waals surface area contributed by atoms with E-state index in [1.807, 2.05) is 35.0 Å². The number of benzene rings is 2. The number of aryl methyl sites for hydroxylation is 1. The van der Waals surface area contributed by atoms with Gasteiger partial charge >= 0.3 is 0 Å². The van der Waals surface area contributed by atoms with E-state index in [2.05, 4.69) is 41.4 Å². The molecule has 2 aromatic carbocycles. The summed E-state index contributed by atoms with van der Waals surface area (Å²) in [7, 11) is 0. The van der Waals surface area contributed by atoms with Crippen LogP contribution in [0.1, 0.15) is 24.0 Å². The fraction of sp³-hybridized carbons (Fsp3) is 0.292. The van der Waals surface area contributed by atoms with Crippen molar-refractivity contribution < 1.29 is 4.79 Å². The third kappa shape index (κ3) is 4.49. The highest BCUT2D eigenvalue weighted by molar-refractivity contribution is 7.20. The Morgan fingerprint density at radius 1 is 1.25 bits per heavy atom. The van der Waals surface area contributed by atoms with Gasteiger partial charge in [0, 0.05) is 30.2 Å². The van der Waals surface area contributed by atoms with E-state index in [1.54, 1.807) is 11.3 Å². The maximum Gasteiger partial charge on any atom is 0.225 e. The van der Waals surface area contributed by atoms with Crippen LogP contribution in [0.25, 0.3) is 16.2 Å². The molecule has 0 bridgehead atoms. The molecule has 1 fully saturated rings. The van der Waals surface area contributed by atoms with Gasteiger partial charge < -0.3 is 10.2 Å². The normalized spacial score (nSPS) is 16.4. The summed E-state index contributed by atoms with van der Waals surface area (Å²) < 4.78 is 1.85. The van der Waals surface area contributed by atoms with Crippen LogP contribution < -0.4 is 10.2 Å². The molecule has 1 atom stereocenters. The molecule has 1 N–H and O–H groups in total. The lowest BCUT2D eigenvalue weighted by molar-refractivity contribution is -0.125. The first-order valence-corrected chi connectivity index (χ1v) is 11.9. The number of amides is 1. The van der Waals surface area contributed by atoms with Crippen LogP contribution >= 0.6 is 22.9 Å². The molecule has 32 heavy (non-hydrogen) atoms. The SMILES string of the molecule is Cc1ccc(-c2cn3nc(N4CCC[C@@H](C(=O)NCc5cccc(Cl)c5)C4)sc3n2)cc1. The maximum absolute atomic E-state index is 12.8. The van der Waals surface area contributed by atoms with Gasteiger partial charge in [0.2, 0.25) is 16.0 Å². The van der Waals surface area contributed by atoms with Crippen LogP contribution in [-0.2, 0) is 11.3 Å². The predicted octanol–water partition coefficient (Wildman–Crippen LogP) is 4.95. The minimum atomic E-state index is -0.0534. The van der Waals surface area contributed by atoms with E-state index in [9.17, 15) is 4.79 Å². The smallest absolute Gasteiger partial charge is 0.225 e. The lowest BCUT2D eigenvalue weighted by atomic mass is 9.97. The van der Waals surface area contributed by atoms with Gasteiger partial charge in [-0.25, -0.2) is 9.50 Å². The highest BCUT2D eigenvalue weighted by atomic mass is 35.5. The molecule has 5 rings (SSSR count). The molecular weight excluding hydrogens is 442 g/mol. The van der Waals surface area contributed by atoms with Crippen LogP contribution in [0.3, 0.4) is 0 Å². The molecule has 3 heterocycles. The van der Waals surface area contributed by atoms with Crippen molar-refractivity contribution in [2.45, 2.75) is 26.3 Å². The molecule has 1 amide bonds. The predicted molar refractivity (Wildman–Crippen MR) is 129 cm³/mol. The highest BCUT2D eigenvalue weighted by Gasteiger charge is 2.27. The lowest BCUT2D eigenvalue weighted by Gasteiger charge is -2.31. The van der Waals surface area contributed by atoms with E-state index in [-0.39, 0.29) is 11.8 Å². The van der Waals surface area contributed by atoms with Crippen molar-refractivity contribution in [3.05, 3.63) is 70.9 Å². The monoisotopic (exact) mass is 465 g/mol. The average Bonchev–Trinajstić information content (AvgIpc) is 3.38. The van der Waals surface area contributed by atoms with Crippen molar-refractivity contribution in [2.75, 3.05) is 18.0 Å². The molecule has 1 saturated heterocycles. The molecule has 2 aromatic heterocycles. The number of carbonyl (C=O) groups is 1. The van der Waals surface area contributed by atoms with Crippen LogP contribution in [0.4, 0.5) is 5.13 Å². The molecule has 8 heteroatoms. The van der Waals surface area contributed by atoms with Gasteiger partial charge in [0.05, 0.1) is 17.8 Å². The molecular formula is C24H24ClN5OS. The number of aromatic nitrogens is 3. The van der Waals surface area contributed by atoms with E-state index in [0.717, 1.165) is 46.3 Å². The summed E-state index contributed by atoms with van der Waals surface area (Å²) in [6.07, 6.45) is 3.82. The minimum Gasteiger partial charge on any atom is -0.352 e. The Morgan fingerprint density at radius 3 is 2.88 bits per heavy atom. The van der Waals surface area contributed by atoms with Crippen molar-refractivity contribution in [2.24, 2.45) is 5.92 Å². The van der Waals surface area contributed by atoms with Crippen LogP contribution in [0.5, 0.6) is 0 Å². The Kier molecular flexibility index (Phi) is 5.85. The number of halogens is 1. The summed E-state index contributed by atoms with van der Waals surface area (Å²) >= 11 is 7.61. The summed E-state index contributed by atoms with van der Waals surface area (Å²) in [6, 6.07) is 15.9. The van der Waals surface area contributed by atoms with E-state index < -0.39 is 0 Å². The Balaban J connectivity index is 1.25. The summed E-state index contributed by atoms with van der Waals surface area (Å²) in [5.41, 5.74) is 4.24. The zero-order valence-corrected chi connectivity index (χ0v) is 19.4. The van der Waals surface area contributed by atoms with Gasteiger partial charge in [0.25, 0.3) is 0 Å². The number of imidazole rings is 1. The van der Waals surface area contributed by atoms with Crippen molar-refractivity contribution in [1.29, 1.82) is 0 Å². The van der Waals surface area contributed by atoms with Crippen molar-refractivity contribution >= 4 is 38.9 Å². The van der Waals surface area contributed by atoms with E-state index >= 15 is 0 Å². The molecule has 1 aliphatic rings. The number of nitrogens with zero attached hydrogens (tertiary/aromatic N) is 4. The quantitative estimate of drug-likeness (QED) is 0.453. The number of fused-ring (bicyclic) bond motifs is 1. The second kappa shape index (κ2) is 8.92. The molecule has 0 saturated carbocycles. The number of hydrogen-bond donors (Lipinski definition) is 1. The first kappa shape index (κ1) is 21.0. The van der Waals surface area contributed by atoms with Gasteiger partial charge in [-0.2, -0.15) is 0 Å². The van der Waals surface area contributed by atoms with Gasteiger partial charge in [-0.05, 0) is 37.5 Å². The van der Waals surface area contributed by atoms with Crippen molar-refractivity contribution in [3.8, 4) is 11.3 Å². The number of hydrogen-bond acceptors (Lipinski definition) is 5. The zero-order chi connectivity index (χ0) is 22.1. The lowest BCUT2D eigenvalue weighted by Crippen LogP contribution is -2.43. The van der Waals surface area contributed by atoms with Crippen LogP contribution in [0, 0.1) is 12.8 Å². The Morgan fingerprint density at radius 2 is 2.09 bits per heavy atom. The van der Waals surface area contributed by atoms with E-state index in [4.69, 9.17) is 21.7 Å². The average molecular weight is 466 g/mol. The topological polar surface area (TPSA) is 62.5 Å². The van der Waals surface area contributed by atoms with Gasteiger partial charge in [0.1, 0.15) is 0 Å². The number of rotatable bonds is 5. The largest absolute Gasteiger partial charge is 0.352 e. The van der Waals surface area contributed by atoms with Gasteiger partial charge in [-0.15, -0.1) is 5.10 Å². The van der Waals surface area contributed by atoms with Gasteiger partial charge in [-0.3, -0.25) is 4.79 Å². The minimum absolute atomic E-state index is 0.0534. The third-order valence-corrected chi connectivity index (χ3v) is 7.02. The molecule has 0 radical (unpaired) electrons. The molecule has 0 aliphatic carbocycles. The fourth-order valence-corrected chi connectivity index (χ4v) is 5.16. The highest BCUT2D eigenvalue weighted by Crippen LogP contribution is 2.30. The first-order valence-electron chi connectivity index (χ1n) is 10.8. The molecule has 0 spiro atoms. The Labute approximate surface area is 195 Å². The maximum atomic E-state index is 12.8. The number of piperidine rings is 1. The molecule has 6 nitrogen and oxygen atoms in total. The van der Waals surface area contributed by atoms with Crippen LogP contribution in [0.15, 0.2) is 54.7 Å². The summed E-state index contributed by atoms with van der Waals surface area (Å²) in [5.74, 6) is 0.0277. The molecule has 4 aromatic rings. The zero-order valence-electron chi connectivity index (χ0n) is 17.8. The van der Waals surface area contributed by atoms with Crippen LogP contribution in [0.2, 0.25) is 5.02 Å². The van der Waals surface area contributed by atoms with Gasteiger partial charge in [-0.1, -0.05) is 64.9 Å². The standard InChI is InChI=1S/C24H24ClN5OS/c1-16-7-9-18(10-8-16)21-15-30-23(27-21)32-24(28-30)29-11-3-5-19(14-29)22(31)26-13-17-4-2-6-20(25)12-17/h2,4,6-10,12,15,19H,3,5,11,13-14H2,1H3,(H,26,31)/t19-/m1/s1. The fourth-order valence-electron chi connectivity index (χ4n) is 4.03. The van der Waals surface area contributed by atoms with Gasteiger partial charge in [0.15, 0.2) is 0 Å². The molecule has 164 valence electrons. The summed E-state index contributed by atoms with van der Waals surface area (Å²) in [5, 5.41) is 9.40. The first-order chi connectivity index (χ1) is 15.5. The number of nitrogens with one attached hydrogen (secondary N) is 1. The number of carbonyl (C=O) groups excluding carboxylic acids is 1. The van der Waals surface area contributed by atoms with Crippen LogP contribution in [-0.4, -0.2) is 33.6 Å². The van der Waals surface area contributed by atoms with E-state index in [1.165, 1.54) is 5.56 Å². The third-order valence-electron chi connectivity index (χ3n) is 5.80. The molecule has 1 aliphatic heterocycles. The summed E-state index contributed by atoms with van der Waals surface area (Å²) in [4.78, 5) is 20.6. The second-order valence-electron chi connectivity index (χ2n) is 8.24. The second-order valence-corrected chi connectivity index (χ2v) is 9.61.